The Labute approximate surface area is 145 Å². The number of para-hydroxylation sites is 1. The Kier molecular flexibility index (Phi) is 3.62. The maximum absolute atomic E-state index is 6.41. The Bertz CT molecular complexity index is 943. The van der Waals surface area contributed by atoms with E-state index in [4.69, 9.17) is 11.6 Å². The lowest BCUT2D eigenvalue weighted by atomic mass is 10.1. The molecule has 4 rings (SSSR count). The predicted octanol–water partition coefficient (Wildman–Crippen LogP) is 4.08. The molecule has 0 bridgehead atoms. The lowest BCUT2D eigenvalue weighted by Gasteiger charge is -2.33. The summed E-state index contributed by atoms with van der Waals surface area (Å²) < 4.78 is 1.95. The average molecular weight is 340 g/mol. The van der Waals surface area contributed by atoms with Gasteiger partial charge in [0.1, 0.15) is 11.3 Å². The largest absolute Gasteiger partial charge is 0.287 e. The van der Waals surface area contributed by atoms with Gasteiger partial charge in [0.05, 0.1) is 11.7 Å². The van der Waals surface area contributed by atoms with Gasteiger partial charge in [-0.2, -0.15) is 5.10 Å². The van der Waals surface area contributed by atoms with E-state index in [1.807, 2.05) is 49.4 Å². The van der Waals surface area contributed by atoms with Gasteiger partial charge >= 0.3 is 0 Å². The van der Waals surface area contributed by atoms with Crippen molar-refractivity contribution in [2.24, 2.45) is 10.9 Å². The maximum atomic E-state index is 6.41. The van der Waals surface area contributed by atoms with Crippen LogP contribution in [0.3, 0.4) is 0 Å². The molecule has 2 aromatic heterocycles. The molecule has 0 spiro atoms. The molecule has 1 aliphatic rings. The van der Waals surface area contributed by atoms with Crippen LogP contribution < -0.4 is 0 Å². The summed E-state index contributed by atoms with van der Waals surface area (Å²) in [6, 6.07) is 10.2. The van der Waals surface area contributed by atoms with E-state index in [1.54, 1.807) is 0 Å². The van der Waals surface area contributed by atoms with E-state index < -0.39 is 0 Å². The van der Waals surface area contributed by atoms with Crippen molar-refractivity contribution in [1.29, 1.82) is 0 Å². The summed E-state index contributed by atoms with van der Waals surface area (Å²) in [4.78, 5) is 11.3. The second-order valence-corrected chi connectivity index (χ2v) is 6.73. The number of hydrogen-bond donors (Lipinski definition) is 0. The zero-order valence-corrected chi connectivity index (χ0v) is 14.6. The fourth-order valence-electron chi connectivity index (χ4n) is 3.29. The summed E-state index contributed by atoms with van der Waals surface area (Å²) in [6.45, 7) is 2.07. The number of halogens is 1. The minimum Gasteiger partial charge on any atom is -0.287 e. The Morgan fingerprint density at radius 1 is 1.17 bits per heavy atom. The van der Waals surface area contributed by atoms with Crippen molar-refractivity contribution < 1.29 is 0 Å². The van der Waals surface area contributed by atoms with Gasteiger partial charge in [0.15, 0.2) is 5.82 Å². The van der Waals surface area contributed by atoms with Crippen LogP contribution in [0.5, 0.6) is 0 Å². The van der Waals surface area contributed by atoms with Crippen molar-refractivity contribution in [2.45, 2.75) is 13.1 Å². The first kappa shape index (κ1) is 15.3. The molecule has 0 N–H and O–H groups in total. The Morgan fingerprint density at radius 2 is 1.96 bits per heavy atom. The highest BCUT2D eigenvalue weighted by Gasteiger charge is 2.33. The fraction of sp³-hybridized carbons (Fsp3) is 0.278. The fourth-order valence-corrected chi connectivity index (χ4v) is 3.48. The van der Waals surface area contributed by atoms with E-state index in [0.29, 0.717) is 5.17 Å². The lowest BCUT2D eigenvalue weighted by molar-refractivity contribution is 0.165. The van der Waals surface area contributed by atoms with Crippen molar-refractivity contribution in [3.8, 4) is 11.1 Å². The third kappa shape index (κ3) is 2.32. The topological polar surface area (TPSA) is 46.3 Å². The predicted molar refractivity (Wildman–Crippen MR) is 97.8 cm³/mol. The van der Waals surface area contributed by atoms with Gasteiger partial charge in [-0.25, -0.2) is 9.67 Å². The Hall–Kier alpha value is -2.24. The standard InChI is InChI=1S/C18H18ClN5/c1-11-16(19)22-17-14(10-21-24(17)18(11)23(2)3)13-8-12-6-4-5-7-15(12)20-9-13/h4-11,18H,1-3H3. The molecule has 2 atom stereocenters. The average Bonchev–Trinajstić information content (AvgIpc) is 2.98. The molecule has 122 valence electrons. The molecule has 1 aromatic carbocycles. The molecule has 24 heavy (non-hydrogen) atoms. The summed E-state index contributed by atoms with van der Waals surface area (Å²) in [5, 5.41) is 6.29. The van der Waals surface area contributed by atoms with E-state index in [-0.39, 0.29) is 12.1 Å². The van der Waals surface area contributed by atoms with Crippen molar-refractivity contribution in [2.75, 3.05) is 14.1 Å². The quantitative estimate of drug-likeness (QED) is 0.706. The second-order valence-electron chi connectivity index (χ2n) is 6.34. The summed E-state index contributed by atoms with van der Waals surface area (Å²) in [5.41, 5.74) is 2.92. The highest BCUT2D eigenvalue weighted by Crippen LogP contribution is 2.40. The summed E-state index contributed by atoms with van der Waals surface area (Å²) in [7, 11) is 4.05. The highest BCUT2D eigenvalue weighted by molar-refractivity contribution is 6.66. The zero-order valence-electron chi connectivity index (χ0n) is 13.8. The van der Waals surface area contributed by atoms with Crippen LogP contribution in [0.25, 0.3) is 22.0 Å². The van der Waals surface area contributed by atoms with Gasteiger partial charge < -0.3 is 0 Å². The van der Waals surface area contributed by atoms with E-state index in [2.05, 4.69) is 39.0 Å². The van der Waals surface area contributed by atoms with Crippen LogP contribution in [0.1, 0.15) is 13.1 Å². The molecule has 0 aliphatic carbocycles. The molecule has 3 heterocycles. The van der Waals surface area contributed by atoms with Gasteiger partial charge in [-0.05, 0) is 26.2 Å². The van der Waals surface area contributed by atoms with Gasteiger partial charge in [-0.15, -0.1) is 0 Å². The van der Waals surface area contributed by atoms with Crippen LogP contribution in [-0.4, -0.2) is 38.9 Å². The van der Waals surface area contributed by atoms with E-state index in [0.717, 1.165) is 27.8 Å². The van der Waals surface area contributed by atoms with Crippen LogP contribution in [0.2, 0.25) is 0 Å². The number of aliphatic imine (C=N–C) groups is 1. The molecule has 6 heteroatoms. The molecule has 3 aromatic rings. The number of hydrogen-bond acceptors (Lipinski definition) is 4. The first-order valence-corrected chi connectivity index (χ1v) is 8.27. The number of nitrogens with zero attached hydrogens (tertiary/aromatic N) is 5. The number of fused-ring (bicyclic) bond motifs is 2. The van der Waals surface area contributed by atoms with Crippen LogP contribution in [0, 0.1) is 5.92 Å². The smallest absolute Gasteiger partial charge is 0.161 e. The zero-order chi connectivity index (χ0) is 16.8. The van der Waals surface area contributed by atoms with Crippen LogP contribution in [0.15, 0.2) is 47.7 Å². The Balaban J connectivity index is 1.88. The monoisotopic (exact) mass is 339 g/mol. The summed E-state index contributed by atoms with van der Waals surface area (Å²) in [5.74, 6) is 0.880. The van der Waals surface area contributed by atoms with Crippen LogP contribution >= 0.6 is 11.6 Å². The molecule has 5 nitrogen and oxygen atoms in total. The third-order valence-corrected chi connectivity index (χ3v) is 4.91. The Morgan fingerprint density at radius 3 is 2.75 bits per heavy atom. The number of pyridine rings is 1. The molecule has 0 radical (unpaired) electrons. The molecule has 2 unspecified atom stereocenters. The van der Waals surface area contributed by atoms with E-state index >= 15 is 0 Å². The molecule has 0 saturated heterocycles. The van der Waals surface area contributed by atoms with Crippen LogP contribution in [0.4, 0.5) is 5.82 Å². The molecule has 0 saturated carbocycles. The second kappa shape index (κ2) is 5.69. The van der Waals surface area contributed by atoms with Gasteiger partial charge in [-0.3, -0.25) is 9.88 Å². The lowest BCUT2D eigenvalue weighted by Crippen LogP contribution is -2.36. The summed E-state index contributed by atoms with van der Waals surface area (Å²) >= 11 is 6.41. The minimum atomic E-state index is 0.0483. The van der Waals surface area contributed by atoms with Crippen molar-refractivity contribution in [1.82, 2.24) is 19.7 Å². The molecule has 1 aliphatic heterocycles. The first-order chi connectivity index (χ1) is 11.6. The molecule has 0 fully saturated rings. The highest BCUT2D eigenvalue weighted by atomic mass is 35.5. The van der Waals surface area contributed by atoms with Crippen molar-refractivity contribution >= 4 is 33.5 Å². The maximum Gasteiger partial charge on any atom is 0.161 e. The molecule has 0 amide bonds. The normalized spacial score (nSPS) is 20.3. The minimum absolute atomic E-state index is 0.0483. The van der Waals surface area contributed by atoms with Gasteiger partial charge in [0.2, 0.25) is 0 Å². The van der Waals surface area contributed by atoms with Crippen molar-refractivity contribution in [3.63, 3.8) is 0 Å². The van der Waals surface area contributed by atoms with E-state index in [1.165, 1.54) is 0 Å². The van der Waals surface area contributed by atoms with Gasteiger partial charge in [0.25, 0.3) is 0 Å². The first-order valence-electron chi connectivity index (χ1n) is 7.89. The third-order valence-electron chi connectivity index (χ3n) is 4.49. The number of benzene rings is 1. The molecular formula is C18H18ClN5. The van der Waals surface area contributed by atoms with Gasteiger partial charge in [-0.1, -0.05) is 36.7 Å². The molecular weight excluding hydrogens is 322 g/mol. The van der Waals surface area contributed by atoms with E-state index in [9.17, 15) is 0 Å². The van der Waals surface area contributed by atoms with Crippen molar-refractivity contribution in [3.05, 3.63) is 42.7 Å². The van der Waals surface area contributed by atoms with Gasteiger partial charge in [0, 0.05) is 28.6 Å². The number of rotatable bonds is 2. The van der Waals surface area contributed by atoms with Crippen LogP contribution in [-0.2, 0) is 0 Å². The summed E-state index contributed by atoms with van der Waals surface area (Å²) in [6.07, 6.45) is 3.77. The number of aromatic nitrogens is 3. The SMILES string of the molecule is CC1C(Cl)=Nc2c(-c3cnc4ccccc4c3)cnn2C1N(C)C.